The SMILES string of the molecule is NNc1nc(N2CCN(CC(F)(F)F)CC2)c(F)cc1F. The number of hydrogen-bond donors (Lipinski definition) is 2. The van der Waals surface area contributed by atoms with Gasteiger partial charge in [0.25, 0.3) is 0 Å². The van der Waals surface area contributed by atoms with Gasteiger partial charge in [0.15, 0.2) is 23.3 Å². The molecule has 1 fully saturated rings. The summed E-state index contributed by atoms with van der Waals surface area (Å²) in [6.07, 6.45) is -4.27. The fraction of sp³-hybridized carbons (Fsp3) is 0.545. The van der Waals surface area contributed by atoms with E-state index in [4.69, 9.17) is 5.84 Å². The molecule has 0 radical (unpaired) electrons. The normalized spacial score (nSPS) is 17.1. The molecule has 1 saturated heterocycles. The highest BCUT2D eigenvalue weighted by Crippen LogP contribution is 2.24. The zero-order valence-electron chi connectivity index (χ0n) is 10.9. The lowest BCUT2D eigenvalue weighted by Gasteiger charge is -2.35. The monoisotopic (exact) mass is 311 g/mol. The molecule has 5 nitrogen and oxygen atoms in total. The fourth-order valence-electron chi connectivity index (χ4n) is 2.15. The van der Waals surface area contributed by atoms with Gasteiger partial charge in [-0.05, 0) is 0 Å². The van der Waals surface area contributed by atoms with Crippen molar-refractivity contribution >= 4 is 11.6 Å². The summed E-state index contributed by atoms with van der Waals surface area (Å²) in [6.45, 7) is -0.451. The molecule has 1 aliphatic heterocycles. The van der Waals surface area contributed by atoms with Crippen LogP contribution in [-0.2, 0) is 0 Å². The number of anilines is 2. The number of piperazine rings is 1. The highest BCUT2D eigenvalue weighted by molar-refractivity contribution is 5.49. The van der Waals surface area contributed by atoms with Gasteiger partial charge in [0.2, 0.25) is 0 Å². The minimum atomic E-state index is -4.27. The minimum absolute atomic E-state index is 0.114. The van der Waals surface area contributed by atoms with E-state index in [2.05, 4.69) is 4.98 Å². The average molecular weight is 311 g/mol. The number of nitrogens with two attached hydrogens (primary N) is 1. The lowest BCUT2D eigenvalue weighted by atomic mass is 10.3. The largest absolute Gasteiger partial charge is 0.401 e. The maximum Gasteiger partial charge on any atom is 0.401 e. The van der Waals surface area contributed by atoms with Gasteiger partial charge in [0.1, 0.15) is 0 Å². The molecule has 0 atom stereocenters. The number of hydrogen-bond acceptors (Lipinski definition) is 5. The van der Waals surface area contributed by atoms with E-state index in [0.717, 1.165) is 0 Å². The van der Waals surface area contributed by atoms with Gasteiger partial charge in [-0.1, -0.05) is 0 Å². The number of aromatic nitrogens is 1. The Bertz CT molecular complexity index is 499. The van der Waals surface area contributed by atoms with Crippen molar-refractivity contribution in [3.8, 4) is 0 Å². The van der Waals surface area contributed by atoms with E-state index in [-0.39, 0.29) is 37.8 Å². The van der Waals surface area contributed by atoms with Gasteiger partial charge in [-0.3, -0.25) is 4.90 Å². The number of halogens is 5. The lowest BCUT2D eigenvalue weighted by Crippen LogP contribution is -2.49. The Morgan fingerprint density at radius 2 is 1.76 bits per heavy atom. The number of rotatable bonds is 3. The number of pyridine rings is 1. The second-order valence-electron chi connectivity index (χ2n) is 4.65. The van der Waals surface area contributed by atoms with Crippen molar-refractivity contribution in [2.45, 2.75) is 6.18 Å². The predicted molar refractivity (Wildman–Crippen MR) is 66.7 cm³/mol. The number of nitrogens with one attached hydrogen (secondary N) is 1. The quantitative estimate of drug-likeness (QED) is 0.501. The standard InChI is InChI=1S/C11H14F5N5/c12-7-5-8(13)10(18-9(7)19-17)21-3-1-20(2-4-21)6-11(14,15)16/h5H,1-4,6,17H2,(H,18,19). The third-order valence-electron chi connectivity index (χ3n) is 3.12. The Morgan fingerprint density at radius 3 is 2.29 bits per heavy atom. The van der Waals surface area contributed by atoms with Crippen LogP contribution in [0.4, 0.5) is 33.6 Å². The smallest absolute Gasteiger partial charge is 0.352 e. The summed E-state index contributed by atoms with van der Waals surface area (Å²) in [5.41, 5.74) is 2.00. The molecule has 1 aromatic rings. The molecule has 0 bridgehead atoms. The second-order valence-corrected chi connectivity index (χ2v) is 4.65. The number of hydrazine groups is 1. The highest BCUT2D eigenvalue weighted by Gasteiger charge is 2.32. The van der Waals surface area contributed by atoms with Crippen LogP contribution in [0.5, 0.6) is 0 Å². The molecule has 1 aromatic heterocycles. The van der Waals surface area contributed by atoms with Gasteiger partial charge >= 0.3 is 6.18 Å². The summed E-state index contributed by atoms with van der Waals surface area (Å²) in [4.78, 5) is 6.40. The van der Waals surface area contributed by atoms with E-state index in [1.165, 1.54) is 9.80 Å². The van der Waals surface area contributed by atoms with Crippen LogP contribution in [-0.4, -0.2) is 48.8 Å². The molecule has 0 aromatic carbocycles. The Labute approximate surface area is 117 Å². The van der Waals surface area contributed by atoms with E-state index < -0.39 is 24.4 Å². The summed E-state index contributed by atoms with van der Waals surface area (Å²) in [6, 6.07) is 0.639. The molecule has 118 valence electrons. The van der Waals surface area contributed by atoms with Crippen molar-refractivity contribution in [2.24, 2.45) is 5.84 Å². The van der Waals surface area contributed by atoms with Gasteiger partial charge in [-0.25, -0.2) is 19.6 Å². The third kappa shape index (κ3) is 3.91. The Morgan fingerprint density at radius 1 is 1.14 bits per heavy atom. The van der Waals surface area contributed by atoms with Gasteiger partial charge < -0.3 is 10.3 Å². The summed E-state index contributed by atoms with van der Waals surface area (Å²) in [5, 5.41) is 0. The molecule has 0 spiro atoms. The Balaban J connectivity index is 2.05. The molecule has 1 aliphatic rings. The number of nitrogen functional groups attached to an aromatic ring is 1. The maximum absolute atomic E-state index is 13.7. The molecule has 0 amide bonds. The zero-order chi connectivity index (χ0) is 15.6. The van der Waals surface area contributed by atoms with Crippen LogP contribution < -0.4 is 16.2 Å². The molecule has 0 aliphatic carbocycles. The van der Waals surface area contributed by atoms with E-state index in [0.29, 0.717) is 6.07 Å². The first-order chi connectivity index (χ1) is 9.80. The molecular formula is C11H14F5N5. The second kappa shape index (κ2) is 5.98. The van der Waals surface area contributed by atoms with Crippen LogP contribution in [0.2, 0.25) is 0 Å². The highest BCUT2D eigenvalue weighted by atomic mass is 19.4. The predicted octanol–water partition coefficient (Wildman–Crippen LogP) is 1.33. The van der Waals surface area contributed by atoms with Crippen LogP contribution in [0, 0.1) is 11.6 Å². The number of alkyl halides is 3. The van der Waals surface area contributed by atoms with E-state index >= 15 is 0 Å². The van der Waals surface area contributed by atoms with Crippen LogP contribution in [0.15, 0.2) is 6.07 Å². The lowest BCUT2D eigenvalue weighted by molar-refractivity contribution is -0.146. The maximum atomic E-state index is 13.7. The molecule has 2 heterocycles. The first-order valence-corrected chi connectivity index (χ1v) is 6.17. The topological polar surface area (TPSA) is 57.4 Å². The fourth-order valence-corrected chi connectivity index (χ4v) is 2.15. The van der Waals surface area contributed by atoms with Crippen molar-refractivity contribution in [1.82, 2.24) is 9.88 Å². The minimum Gasteiger partial charge on any atom is -0.352 e. The summed E-state index contributed by atoms with van der Waals surface area (Å²) in [7, 11) is 0. The van der Waals surface area contributed by atoms with Gasteiger partial charge in [0.05, 0.1) is 6.54 Å². The van der Waals surface area contributed by atoms with Crippen molar-refractivity contribution < 1.29 is 22.0 Å². The molecule has 10 heteroatoms. The van der Waals surface area contributed by atoms with Crippen molar-refractivity contribution in [3.05, 3.63) is 17.7 Å². The zero-order valence-corrected chi connectivity index (χ0v) is 10.9. The molecule has 0 unspecified atom stereocenters. The molecule has 0 saturated carbocycles. The molecule has 3 N–H and O–H groups in total. The van der Waals surface area contributed by atoms with Crippen LogP contribution in [0.3, 0.4) is 0 Å². The Hall–Kier alpha value is -1.68. The van der Waals surface area contributed by atoms with E-state index in [1.807, 2.05) is 5.43 Å². The average Bonchev–Trinajstić information content (AvgIpc) is 2.38. The van der Waals surface area contributed by atoms with Crippen LogP contribution in [0.25, 0.3) is 0 Å². The summed E-state index contributed by atoms with van der Waals surface area (Å²) in [5.74, 6) is 2.80. The summed E-state index contributed by atoms with van der Waals surface area (Å²) >= 11 is 0. The van der Waals surface area contributed by atoms with E-state index in [1.54, 1.807) is 0 Å². The van der Waals surface area contributed by atoms with E-state index in [9.17, 15) is 22.0 Å². The van der Waals surface area contributed by atoms with Gasteiger partial charge in [0, 0.05) is 32.2 Å². The van der Waals surface area contributed by atoms with Crippen molar-refractivity contribution in [1.29, 1.82) is 0 Å². The molecule has 21 heavy (non-hydrogen) atoms. The number of nitrogens with zero attached hydrogens (tertiary/aromatic N) is 3. The van der Waals surface area contributed by atoms with Crippen LogP contribution >= 0.6 is 0 Å². The first kappa shape index (κ1) is 15.7. The Kier molecular flexibility index (Phi) is 4.47. The third-order valence-corrected chi connectivity index (χ3v) is 3.12. The van der Waals surface area contributed by atoms with Crippen LogP contribution in [0.1, 0.15) is 0 Å². The molecular weight excluding hydrogens is 297 g/mol. The van der Waals surface area contributed by atoms with Gasteiger partial charge in [-0.15, -0.1) is 0 Å². The summed E-state index contributed by atoms with van der Waals surface area (Å²) < 4.78 is 63.8. The van der Waals surface area contributed by atoms with Gasteiger partial charge in [-0.2, -0.15) is 13.2 Å². The van der Waals surface area contributed by atoms with Crippen molar-refractivity contribution in [2.75, 3.05) is 43.0 Å². The first-order valence-electron chi connectivity index (χ1n) is 6.17. The molecule has 2 rings (SSSR count). The van der Waals surface area contributed by atoms with Crippen molar-refractivity contribution in [3.63, 3.8) is 0 Å².